The first-order valence-corrected chi connectivity index (χ1v) is 12.4. The molecule has 1 fully saturated rings. The maximum atomic E-state index is 12.7. The van der Waals surface area contributed by atoms with E-state index in [1.807, 2.05) is 35.2 Å². The van der Waals surface area contributed by atoms with Crippen molar-refractivity contribution in [1.29, 1.82) is 0 Å². The standard InChI is InChI=1S/C28H25ClN6O/c29-24-9-6-21(7-10-24)27-25(19-33-12-14-34(15-13-33)28(36)23-16-30-31-17-23)35-18-22(8-11-26(35)32-27)20-4-2-1-3-5-20/h1-11,16-18H,12-15,19H2,(H,30,31). The van der Waals surface area contributed by atoms with E-state index in [0.29, 0.717) is 23.7 Å². The Hall–Kier alpha value is -3.94. The highest BCUT2D eigenvalue weighted by Crippen LogP contribution is 2.29. The van der Waals surface area contributed by atoms with Gasteiger partial charge < -0.3 is 9.30 Å². The zero-order valence-electron chi connectivity index (χ0n) is 19.6. The monoisotopic (exact) mass is 496 g/mol. The summed E-state index contributed by atoms with van der Waals surface area (Å²) in [5.41, 5.74) is 6.92. The van der Waals surface area contributed by atoms with Crippen LogP contribution in [0.1, 0.15) is 16.1 Å². The molecule has 3 aromatic heterocycles. The number of pyridine rings is 1. The predicted molar refractivity (Wildman–Crippen MR) is 141 cm³/mol. The largest absolute Gasteiger partial charge is 0.336 e. The Morgan fingerprint density at radius 1 is 0.889 bits per heavy atom. The number of hydrogen-bond acceptors (Lipinski definition) is 4. The zero-order chi connectivity index (χ0) is 24.5. The van der Waals surface area contributed by atoms with Gasteiger partial charge in [-0.25, -0.2) is 4.98 Å². The van der Waals surface area contributed by atoms with E-state index < -0.39 is 0 Å². The highest BCUT2D eigenvalue weighted by molar-refractivity contribution is 6.30. The minimum absolute atomic E-state index is 0.0209. The van der Waals surface area contributed by atoms with Crippen molar-refractivity contribution >= 4 is 23.2 Å². The summed E-state index contributed by atoms with van der Waals surface area (Å²) in [6.45, 7) is 3.65. The second-order valence-corrected chi connectivity index (χ2v) is 9.42. The molecule has 1 amide bonds. The summed E-state index contributed by atoms with van der Waals surface area (Å²) >= 11 is 6.17. The van der Waals surface area contributed by atoms with Gasteiger partial charge in [0.1, 0.15) is 5.65 Å². The number of benzene rings is 2. The van der Waals surface area contributed by atoms with Crippen LogP contribution in [0.5, 0.6) is 0 Å². The van der Waals surface area contributed by atoms with Crippen molar-refractivity contribution < 1.29 is 4.79 Å². The first kappa shape index (κ1) is 22.5. The molecule has 0 saturated carbocycles. The van der Waals surface area contributed by atoms with Crippen molar-refractivity contribution in [2.24, 2.45) is 0 Å². The van der Waals surface area contributed by atoms with Gasteiger partial charge in [0.15, 0.2) is 0 Å². The number of carbonyl (C=O) groups excluding carboxylic acids is 1. The third-order valence-electron chi connectivity index (χ3n) is 6.72. The fraction of sp³-hybridized carbons (Fsp3) is 0.179. The first-order chi connectivity index (χ1) is 17.7. The van der Waals surface area contributed by atoms with E-state index in [1.165, 1.54) is 5.56 Å². The fourth-order valence-electron chi connectivity index (χ4n) is 4.76. The molecule has 0 radical (unpaired) electrons. The molecule has 0 atom stereocenters. The van der Waals surface area contributed by atoms with Gasteiger partial charge >= 0.3 is 0 Å². The number of amides is 1. The summed E-state index contributed by atoms with van der Waals surface area (Å²) in [4.78, 5) is 22.0. The first-order valence-electron chi connectivity index (χ1n) is 12.0. The van der Waals surface area contributed by atoms with Crippen LogP contribution in [0.25, 0.3) is 28.0 Å². The lowest BCUT2D eigenvalue weighted by Gasteiger charge is -2.34. The summed E-state index contributed by atoms with van der Waals surface area (Å²) in [7, 11) is 0. The van der Waals surface area contributed by atoms with Gasteiger partial charge in [-0.3, -0.25) is 14.8 Å². The van der Waals surface area contributed by atoms with Crippen LogP contribution in [0.4, 0.5) is 0 Å². The summed E-state index contributed by atoms with van der Waals surface area (Å²) < 4.78 is 2.20. The molecule has 0 unspecified atom stereocenters. The van der Waals surface area contributed by atoms with Crippen LogP contribution in [-0.2, 0) is 6.54 Å². The Bertz CT molecular complexity index is 1490. The third kappa shape index (κ3) is 4.39. The van der Waals surface area contributed by atoms with Gasteiger partial charge in [0.2, 0.25) is 0 Å². The number of aromatic nitrogens is 4. The van der Waals surface area contributed by atoms with E-state index in [1.54, 1.807) is 12.4 Å². The van der Waals surface area contributed by atoms with Crippen molar-refractivity contribution in [1.82, 2.24) is 29.4 Å². The van der Waals surface area contributed by atoms with Crippen LogP contribution in [0, 0.1) is 0 Å². The van der Waals surface area contributed by atoms with Gasteiger partial charge in [-0.1, -0.05) is 54.1 Å². The number of nitrogens with zero attached hydrogens (tertiary/aromatic N) is 5. The van der Waals surface area contributed by atoms with Crippen molar-refractivity contribution in [2.75, 3.05) is 26.2 Å². The number of H-pyrrole nitrogens is 1. The summed E-state index contributed by atoms with van der Waals surface area (Å²) in [6, 6.07) is 22.4. The van der Waals surface area contributed by atoms with Crippen molar-refractivity contribution in [3.05, 3.63) is 102 Å². The molecule has 1 N–H and O–H groups in total. The normalized spacial score (nSPS) is 14.4. The van der Waals surface area contributed by atoms with Crippen molar-refractivity contribution in [3.8, 4) is 22.4 Å². The average Bonchev–Trinajstić information content (AvgIpc) is 3.58. The molecular formula is C28H25ClN6O. The SMILES string of the molecule is O=C(c1cn[nH]c1)N1CCN(Cc2c(-c3ccc(Cl)cc3)nc3ccc(-c4ccccc4)cn23)CC1. The van der Waals surface area contributed by atoms with E-state index in [4.69, 9.17) is 16.6 Å². The molecule has 0 bridgehead atoms. The maximum absolute atomic E-state index is 12.7. The Morgan fingerprint density at radius 2 is 1.64 bits per heavy atom. The molecule has 0 aliphatic carbocycles. The molecule has 5 aromatic rings. The Balaban J connectivity index is 1.32. The molecule has 180 valence electrons. The van der Waals surface area contributed by atoms with Gasteiger partial charge in [0, 0.05) is 55.7 Å². The number of rotatable bonds is 5. The van der Waals surface area contributed by atoms with Crippen LogP contribution >= 0.6 is 11.6 Å². The maximum Gasteiger partial charge on any atom is 0.257 e. The van der Waals surface area contributed by atoms with Gasteiger partial charge in [-0.05, 0) is 35.4 Å². The van der Waals surface area contributed by atoms with Crippen LogP contribution in [0.3, 0.4) is 0 Å². The van der Waals surface area contributed by atoms with Crippen LogP contribution < -0.4 is 0 Å². The fourth-order valence-corrected chi connectivity index (χ4v) is 4.88. The smallest absolute Gasteiger partial charge is 0.257 e. The van der Waals surface area contributed by atoms with Crippen molar-refractivity contribution in [2.45, 2.75) is 6.54 Å². The number of nitrogens with one attached hydrogen (secondary N) is 1. The van der Waals surface area contributed by atoms with Gasteiger partial charge in [-0.2, -0.15) is 5.10 Å². The van der Waals surface area contributed by atoms with E-state index in [9.17, 15) is 4.79 Å². The molecule has 8 heteroatoms. The molecule has 36 heavy (non-hydrogen) atoms. The molecule has 2 aromatic carbocycles. The second kappa shape index (κ2) is 9.60. The van der Waals surface area contributed by atoms with Gasteiger partial charge in [0.25, 0.3) is 5.91 Å². The number of fused-ring (bicyclic) bond motifs is 1. The number of carbonyl (C=O) groups is 1. The molecule has 1 saturated heterocycles. The lowest BCUT2D eigenvalue weighted by atomic mass is 10.1. The summed E-state index contributed by atoms with van der Waals surface area (Å²) in [6.07, 6.45) is 5.40. The number of aromatic amines is 1. The summed E-state index contributed by atoms with van der Waals surface area (Å²) in [5, 5.41) is 7.33. The Labute approximate surface area is 214 Å². The van der Waals surface area contributed by atoms with Gasteiger partial charge in [-0.15, -0.1) is 0 Å². The van der Waals surface area contributed by atoms with E-state index in [0.717, 1.165) is 47.8 Å². The van der Waals surface area contributed by atoms with Crippen molar-refractivity contribution in [3.63, 3.8) is 0 Å². The van der Waals surface area contributed by atoms with E-state index >= 15 is 0 Å². The number of imidazole rings is 1. The molecular weight excluding hydrogens is 472 g/mol. The highest BCUT2D eigenvalue weighted by atomic mass is 35.5. The summed E-state index contributed by atoms with van der Waals surface area (Å²) in [5.74, 6) is 0.0209. The van der Waals surface area contributed by atoms with Crippen LogP contribution in [0.2, 0.25) is 5.02 Å². The Morgan fingerprint density at radius 3 is 2.36 bits per heavy atom. The molecule has 1 aliphatic heterocycles. The highest BCUT2D eigenvalue weighted by Gasteiger charge is 2.25. The minimum Gasteiger partial charge on any atom is -0.336 e. The average molecular weight is 497 g/mol. The van der Waals surface area contributed by atoms with Crippen LogP contribution in [0.15, 0.2) is 85.3 Å². The number of halogens is 1. The Kier molecular flexibility index (Phi) is 6.01. The third-order valence-corrected chi connectivity index (χ3v) is 6.97. The lowest BCUT2D eigenvalue weighted by molar-refractivity contribution is 0.0627. The number of hydrogen-bond donors (Lipinski definition) is 1. The molecule has 6 rings (SSSR count). The minimum atomic E-state index is 0.0209. The predicted octanol–water partition coefficient (Wildman–Crippen LogP) is 5.00. The lowest BCUT2D eigenvalue weighted by Crippen LogP contribution is -2.48. The quantitative estimate of drug-likeness (QED) is 0.371. The molecule has 1 aliphatic rings. The zero-order valence-corrected chi connectivity index (χ0v) is 20.4. The molecule has 0 spiro atoms. The molecule has 7 nitrogen and oxygen atoms in total. The van der Waals surface area contributed by atoms with Crippen LogP contribution in [-0.4, -0.2) is 61.5 Å². The van der Waals surface area contributed by atoms with E-state index in [-0.39, 0.29) is 5.91 Å². The van der Waals surface area contributed by atoms with E-state index in [2.05, 4.69) is 62.1 Å². The molecule has 4 heterocycles. The second-order valence-electron chi connectivity index (χ2n) is 8.98. The topological polar surface area (TPSA) is 69.5 Å². The number of piperazine rings is 1. The van der Waals surface area contributed by atoms with Gasteiger partial charge in [0.05, 0.1) is 23.1 Å².